The number of aromatic nitrogens is 1. The van der Waals surface area contributed by atoms with Crippen molar-refractivity contribution in [1.82, 2.24) is 4.98 Å². The van der Waals surface area contributed by atoms with Gasteiger partial charge in [0.25, 0.3) is 0 Å². The van der Waals surface area contributed by atoms with Crippen LogP contribution in [-0.4, -0.2) is 21.4 Å². The highest BCUT2D eigenvalue weighted by atomic mass is 32.2. The van der Waals surface area contributed by atoms with E-state index in [2.05, 4.69) is 4.98 Å². The van der Waals surface area contributed by atoms with Gasteiger partial charge in [0.05, 0.1) is 11.3 Å². The van der Waals surface area contributed by atoms with Crippen molar-refractivity contribution in [1.29, 1.82) is 0 Å². The van der Waals surface area contributed by atoms with Crippen LogP contribution in [0.5, 0.6) is 0 Å². The Hall–Kier alpha value is -0.740. The number of thioether (sulfide) groups is 1. The van der Waals surface area contributed by atoms with Crippen LogP contribution >= 0.6 is 11.8 Å². The first-order valence-electron chi connectivity index (χ1n) is 5.17. The van der Waals surface area contributed by atoms with Gasteiger partial charge in [-0.1, -0.05) is 13.8 Å². The first kappa shape index (κ1) is 12.3. The molecule has 0 aromatic carbocycles. The van der Waals surface area contributed by atoms with Crippen LogP contribution in [0.15, 0.2) is 23.4 Å². The molecule has 3 N–H and O–H groups in total. The molecule has 3 nitrogen and oxygen atoms in total. The summed E-state index contributed by atoms with van der Waals surface area (Å²) in [5.41, 5.74) is 5.84. The molecule has 0 atom stereocenters. The van der Waals surface area contributed by atoms with Crippen molar-refractivity contribution in [2.75, 3.05) is 11.5 Å². The van der Waals surface area contributed by atoms with Crippen LogP contribution in [0, 0.1) is 0 Å². The maximum absolute atomic E-state index is 10.1. The zero-order chi connectivity index (χ0) is 11.3. The summed E-state index contributed by atoms with van der Waals surface area (Å²) in [5, 5.41) is 10.9. The predicted molar refractivity (Wildman–Crippen MR) is 64.9 cm³/mol. The van der Waals surface area contributed by atoms with Gasteiger partial charge in [-0.2, -0.15) is 0 Å². The molecule has 4 heteroatoms. The average Bonchev–Trinajstić information content (AvgIpc) is 2.28. The maximum atomic E-state index is 10.1. The number of nitrogens with zero attached hydrogens (tertiary/aromatic N) is 1. The maximum Gasteiger partial charge on any atom is 0.119 e. The Morgan fingerprint density at radius 1 is 1.47 bits per heavy atom. The van der Waals surface area contributed by atoms with E-state index in [1.807, 2.05) is 26.0 Å². The largest absolute Gasteiger partial charge is 0.397 e. The second kappa shape index (κ2) is 5.37. The van der Waals surface area contributed by atoms with Crippen molar-refractivity contribution in [3.05, 3.63) is 18.3 Å². The van der Waals surface area contributed by atoms with Crippen LogP contribution in [-0.2, 0) is 0 Å². The van der Waals surface area contributed by atoms with E-state index in [4.69, 9.17) is 5.73 Å². The third-order valence-corrected chi connectivity index (χ3v) is 3.89. The molecule has 0 saturated heterocycles. The molecule has 1 heterocycles. The lowest BCUT2D eigenvalue weighted by atomic mass is 10.0. The minimum absolute atomic E-state index is 0.603. The van der Waals surface area contributed by atoms with Crippen molar-refractivity contribution in [2.24, 2.45) is 0 Å². The summed E-state index contributed by atoms with van der Waals surface area (Å²) in [5.74, 6) is 0.640. The molecular weight excluding hydrogens is 208 g/mol. The molecule has 0 fully saturated rings. The first-order chi connectivity index (χ1) is 7.11. The standard InChI is InChI=1S/C11H18N2OS/c1-3-11(14,4-2)8-15-10-9(12)6-5-7-13-10/h5-7,14H,3-4,8,12H2,1-2H3. The molecule has 0 unspecified atom stereocenters. The summed E-state index contributed by atoms with van der Waals surface area (Å²) in [6.45, 7) is 3.98. The van der Waals surface area contributed by atoms with E-state index >= 15 is 0 Å². The Bertz CT molecular complexity index is 313. The summed E-state index contributed by atoms with van der Waals surface area (Å²) < 4.78 is 0. The number of pyridine rings is 1. The second-order valence-electron chi connectivity index (χ2n) is 3.62. The van der Waals surface area contributed by atoms with Crippen molar-refractivity contribution < 1.29 is 5.11 Å². The molecule has 0 bridgehead atoms. The Balaban J connectivity index is 2.61. The van der Waals surface area contributed by atoms with E-state index in [-0.39, 0.29) is 0 Å². The molecule has 1 aromatic heterocycles. The number of nitrogen functional groups attached to an aromatic ring is 1. The van der Waals surface area contributed by atoms with E-state index < -0.39 is 5.60 Å². The van der Waals surface area contributed by atoms with Crippen LogP contribution in [0.1, 0.15) is 26.7 Å². The van der Waals surface area contributed by atoms with Crippen molar-refractivity contribution in [3.8, 4) is 0 Å². The molecular formula is C11H18N2OS. The summed E-state index contributed by atoms with van der Waals surface area (Å²) >= 11 is 1.52. The highest BCUT2D eigenvalue weighted by Crippen LogP contribution is 2.28. The Morgan fingerprint density at radius 3 is 2.67 bits per heavy atom. The average molecular weight is 226 g/mol. The van der Waals surface area contributed by atoms with Crippen LogP contribution < -0.4 is 5.73 Å². The zero-order valence-electron chi connectivity index (χ0n) is 9.23. The third kappa shape index (κ3) is 3.39. The quantitative estimate of drug-likeness (QED) is 0.756. The SMILES string of the molecule is CCC(O)(CC)CSc1ncccc1N. The Morgan fingerprint density at radius 2 is 2.13 bits per heavy atom. The van der Waals surface area contributed by atoms with Gasteiger partial charge in [-0.05, 0) is 25.0 Å². The summed E-state index contributed by atoms with van der Waals surface area (Å²) in [4.78, 5) is 4.18. The van der Waals surface area contributed by atoms with Gasteiger partial charge in [0.15, 0.2) is 0 Å². The molecule has 15 heavy (non-hydrogen) atoms. The lowest BCUT2D eigenvalue weighted by Gasteiger charge is -2.24. The summed E-state index contributed by atoms with van der Waals surface area (Å²) in [6, 6.07) is 3.64. The van der Waals surface area contributed by atoms with Gasteiger partial charge in [-0.15, -0.1) is 11.8 Å². The highest BCUT2D eigenvalue weighted by molar-refractivity contribution is 7.99. The third-order valence-electron chi connectivity index (χ3n) is 2.59. The number of anilines is 1. The number of hydrogen-bond donors (Lipinski definition) is 2. The van der Waals surface area contributed by atoms with Crippen LogP contribution in [0.3, 0.4) is 0 Å². The molecule has 0 aliphatic heterocycles. The van der Waals surface area contributed by atoms with E-state index in [1.165, 1.54) is 11.8 Å². The Kier molecular flexibility index (Phi) is 4.42. The normalized spacial score (nSPS) is 11.7. The van der Waals surface area contributed by atoms with Crippen molar-refractivity contribution in [2.45, 2.75) is 37.3 Å². The van der Waals surface area contributed by atoms with Crippen LogP contribution in [0.25, 0.3) is 0 Å². The van der Waals surface area contributed by atoms with E-state index in [9.17, 15) is 5.11 Å². The summed E-state index contributed by atoms with van der Waals surface area (Å²) in [6.07, 6.45) is 3.22. The zero-order valence-corrected chi connectivity index (χ0v) is 10.0. The van der Waals surface area contributed by atoms with E-state index in [1.54, 1.807) is 6.20 Å². The molecule has 1 aromatic rings. The molecule has 0 aliphatic rings. The smallest absolute Gasteiger partial charge is 0.119 e. The highest BCUT2D eigenvalue weighted by Gasteiger charge is 2.22. The fourth-order valence-corrected chi connectivity index (χ4v) is 2.36. The fourth-order valence-electron chi connectivity index (χ4n) is 1.18. The van der Waals surface area contributed by atoms with Gasteiger partial charge in [0.1, 0.15) is 5.03 Å². The lowest BCUT2D eigenvalue weighted by Crippen LogP contribution is -2.29. The number of aliphatic hydroxyl groups is 1. The minimum Gasteiger partial charge on any atom is -0.397 e. The molecule has 0 aliphatic carbocycles. The van der Waals surface area contributed by atoms with Gasteiger partial charge in [0, 0.05) is 11.9 Å². The molecule has 0 radical (unpaired) electrons. The predicted octanol–water partition coefficient (Wildman–Crippen LogP) is 2.31. The number of hydrogen-bond acceptors (Lipinski definition) is 4. The molecule has 0 amide bonds. The second-order valence-corrected chi connectivity index (χ2v) is 4.58. The lowest BCUT2D eigenvalue weighted by molar-refractivity contribution is 0.0571. The topological polar surface area (TPSA) is 59.1 Å². The van der Waals surface area contributed by atoms with Crippen LogP contribution in [0.2, 0.25) is 0 Å². The monoisotopic (exact) mass is 226 g/mol. The number of nitrogens with two attached hydrogens (primary N) is 1. The van der Waals surface area contributed by atoms with Crippen molar-refractivity contribution in [3.63, 3.8) is 0 Å². The van der Waals surface area contributed by atoms with Gasteiger partial charge in [-0.3, -0.25) is 0 Å². The van der Waals surface area contributed by atoms with Gasteiger partial charge in [0.2, 0.25) is 0 Å². The molecule has 84 valence electrons. The first-order valence-corrected chi connectivity index (χ1v) is 6.15. The van der Waals surface area contributed by atoms with Crippen LogP contribution in [0.4, 0.5) is 5.69 Å². The minimum atomic E-state index is -0.603. The van der Waals surface area contributed by atoms with E-state index in [0.717, 1.165) is 17.9 Å². The van der Waals surface area contributed by atoms with Crippen molar-refractivity contribution >= 4 is 17.4 Å². The molecule has 0 spiro atoms. The molecule has 0 saturated carbocycles. The van der Waals surface area contributed by atoms with Gasteiger partial charge < -0.3 is 10.8 Å². The van der Waals surface area contributed by atoms with Gasteiger partial charge in [-0.25, -0.2) is 4.98 Å². The fraction of sp³-hybridized carbons (Fsp3) is 0.545. The summed E-state index contributed by atoms with van der Waals surface area (Å²) in [7, 11) is 0. The Labute approximate surface area is 95.1 Å². The molecule has 1 rings (SSSR count). The van der Waals surface area contributed by atoms with E-state index in [0.29, 0.717) is 11.4 Å². The number of rotatable bonds is 5. The van der Waals surface area contributed by atoms with Gasteiger partial charge >= 0.3 is 0 Å².